The predicted octanol–water partition coefficient (Wildman–Crippen LogP) is 4.86. The first kappa shape index (κ1) is 41.8. The maximum absolute atomic E-state index is 13.4. The van der Waals surface area contributed by atoms with Crippen LogP contribution in [0.3, 0.4) is 0 Å². The first-order valence-electron chi connectivity index (χ1n) is 18.3. The second-order valence-corrected chi connectivity index (χ2v) is 20.5. The van der Waals surface area contributed by atoms with Gasteiger partial charge in [-0.3, -0.25) is 4.79 Å². The standard InChI is InChI=1S/C39H56N2O12Si/c1-24-31(43)33(47-23-45-20-26-16-12-10-13-17-26)29(41-37(44)46-21-27-18-14-11-15-19-27)35(49-24)51-36-30(40-25(2)42)34(53-54(8,9)38(3,4)5)32-28(50-36)22-48-39(6,7)52-32/h10-19,28-36,43H,1,20-23H2,2-9H3,(H,40,42)(H,41,44)/t28-,29-,30-,31+,32-,33-,34-,35+,36-/m1/s1. The van der Waals surface area contributed by atoms with Gasteiger partial charge in [0.2, 0.25) is 12.2 Å². The zero-order valence-corrected chi connectivity index (χ0v) is 33.4. The second kappa shape index (κ2) is 17.6. The summed E-state index contributed by atoms with van der Waals surface area (Å²) in [7, 11) is -2.51. The third kappa shape index (κ3) is 10.7. The fourth-order valence-electron chi connectivity index (χ4n) is 6.16. The number of nitrogens with one attached hydrogen (secondary N) is 2. The molecule has 3 saturated heterocycles. The van der Waals surface area contributed by atoms with Crippen LogP contribution in [0.15, 0.2) is 73.0 Å². The number of aliphatic hydroxyl groups excluding tert-OH is 1. The summed E-state index contributed by atoms with van der Waals surface area (Å²) in [4.78, 5) is 26.2. The molecule has 5 rings (SSSR count). The van der Waals surface area contributed by atoms with Crippen molar-refractivity contribution in [1.82, 2.24) is 10.6 Å². The molecule has 9 atom stereocenters. The minimum Gasteiger partial charge on any atom is -0.465 e. The average Bonchev–Trinajstić information content (AvgIpc) is 3.10. The number of fused-ring (bicyclic) bond motifs is 1. The molecule has 15 heteroatoms. The lowest BCUT2D eigenvalue weighted by molar-refractivity contribution is -0.382. The Morgan fingerprint density at radius 2 is 1.56 bits per heavy atom. The number of benzene rings is 2. The van der Waals surface area contributed by atoms with E-state index in [-0.39, 0.29) is 43.3 Å². The Balaban J connectivity index is 1.43. The Bertz CT molecular complexity index is 1560. The quantitative estimate of drug-likeness (QED) is 0.144. The number of hydrogen-bond donors (Lipinski definition) is 3. The third-order valence-corrected chi connectivity index (χ3v) is 14.5. The van der Waals surface area contributed by atoms with Crippen molar-refractivity contribution < 1.29 is 57.0 Å². The number of hydrogen-bond acceptors (Lipinski definition) is 12. The van der Waals surface area contributed by atoms with Crippen LogP contribution in [0.4, 0.5) is 4.79 Å². The molecular formula is C39H56N2O12Si. The molecule has 0 bridgehead atoms. The number of carbonyl (C=O) groups is 2. The van der Waals surface area contributed by atoms with Gasteiger partial charge in [-0.1, -0.05) is 88.0 Å². The van der Waals surface area contributed by atoms with Crippen molar-refractivity contribution >= 4 is 20.3 Å². The van der Waals surface area contributed by atoms with Gasteiger partial charge in [-0.25, -0.2) is 4.79 Å². The second-order valence-electron chi connectivity index (χ2n) is 15.8. The van der Waals surface area contributed by atoms with E-state index in [1.807, 2.05) is 74.5 Å². The van der Waals surface area contributed by atoms with Crippen LogP contribution in [0.1, 0.15) is 52.7 Å². The van der Waals surface area contributed by atoms with Crippen LogP contribution in [0, 0.1) is 0 Å². The van der Waals surface area contributed by atoms with Gasteiger partial charge in [0.05, 0.1) is 19.3 Å². The van der Waals surface area contributed by atoms with Crippen molar-refractivity contribution in [2.45, 2.75) is 134 Å². The first-order valence-corrected chi connectivity index (χ1v) is 21.2. The van der Waals surface area contributed by atoms with E-state index in [2.05, 4.69) is 51.1 Å². The molecule has 298 valence electrons. The number of rotatable bonds is 13. The molecule has 0 unspecified atom stereocenters. The minimum absolute atomic E-state index is 0.0189. The van der Waals surface area contributed by atoms with Crippen LogP contribution in [0.5, 0.6) is 0 Å². The maximum Gasteiger partial charge on any atom is 0.408 e. The highest BCUT2D eigenvalue weighted by molar-refractivity contribution is 6.74. The highest BCUT2D eigenvalue weighted by Crippen LogP contribution is 2.42. The van der Waals surface area contributed by atoms with Gasteiger partial charge < -0.3 is 58.1 Å². The van der Waals surface area contributed by atoms with Crippen molar-refractivity contribution in [1.29, 1.82) is 0 Å². The molecule has 0 radical (unpaired) electrons. The molecule has 0 saturated carbocycles. The fraction of sp³-hybridized carbons (Fsp3) is 0.590. The van der Waals surface area contributed by atoms with Gasteiger partial charge in [0, 0.05) is 6.92 Å². The molecule has 2 aromatic rings. The number of amides is 2. The summed E-state index contributed by atoms with van der Waals surface area (Å²) in [5.74, 6) is -1.38. The Hall–Kier alpha value is -3.38. The highest BCUT2D eigenvalue weighted by atomic mass is 28.4. The van der Waals surface area contributed by atoms with Crippen LogP contribution >= 0.6 is 0 Å². The van der Waals surface area contributed by atoms with Crippen LogP contribution < -0.4 is 10.6 Å². The van der Waals surface area contributed by atoms with Crippen LogP contribution in [-0.4, -0.2) is 99.8 Å². The number of carbonyl (C=O) groups excluding carboxylic acids is 2. The molecule has 3 aliphatic heterocycles. The summed E-state index contributed by atoms with van der Waals surface area (Å²) in [6.45, 7) is 19.6. The number of alkyl carbamates (subject to hydrolysis) is 1. The lowest BCUT2D eigenvalue weighted by Crippen LogP contribution is -2.72. The molecule has 3 heterocycles. The molecule has 2 aromatic carbocycles. The van der Waals surface area contributed by atoms with E-state index >= 15 is 0 Å². The Kier molecular flexibility index (Phi) is 13.6. The van der Waals surface area contributed by atoms with Crippen molar-refractivity contribution in [2.24, 2.45) is 0 Å². The smallest absolute Gasteiger partial charge is 0.408 e. The molecular weight excluding hydrogens is 717 g/mol. The zero-order chi connectivity index (χ0) is 39.3. The van der Waals surface area contributed by atoms with Gasteiger partial charge in [0.15, 0.2) is 20.4 Å². The van der Waals surface area contributed by atoms with E-state index in [4.69, 9.17) is 42.3 Å². The highest BCUT2D eigenvalue weighted by Gasteiger charge is 2.57. The molecule has 14 nitrogen and oxygen atoms in total. The van der Waals surface area contributed by atoms with Gasteiger partial charge in [-0.2, -0.15) is 0 Å². The lowest BCUT2D eigenvalue weighted by atomic mass is 9.95. The van der Waals surface area contributed by atoms with E-state index in [1.54, 1.807) is 0 Å². The van der Waals surface area contributed by atoms with Gasteiger partial charge in [-0.05, 0) is 43.1 Å². The van der Waals surface area contributed by atoms with Gasteiger partial charge in [0.25, 0.3) is 0 Å². The first-order chi connectivity index (χ1) is 25.4. The Labute approximate surface area is 318 Å². The molecule has 3 N–H and O–H groups in total. The van der Waals surface area contributed by atoms with Crippen molar-refractivity contribution in [3.8, 4) is 0 Å². The summed E-state index contributed by atoms with van der Waals surface area (Å²) < 4.78 is 56.0. The van der Waals surface area contributed by atoms with Gasteiger partial charge >= 0.3 is 6.09 Å². The predicted molar refractivity (Wildman–Crippen MR) is 199 cm³/mol. The topological polar surface area (TPSA) is 162 Å². The molecule has 0 aromatic heterocycles. The monoisotopic (exact) mass is 772 g/mol. The molecule has 3 aliphatic rings. The lowest BCUT2D eigenvalue weighted by Gasteiger charge is -2.54. The van der Waals surface area contributed by atoms with E-state index in [0.717, 1.165) is 11.1 Å². The van der Waals surface area contributed by atoms with Crippen molar-refractivity contribution in [3.05, 3.63) is 84.1 Å². The summed E-state index contributed by atoms with van der Waals surface area (Å²) in [6, 6.07) is 16.6. The van der Waals surface area contributed by atoms with E-state index in [9.17, 15) is 14.7 Å². The third-order valence-electron chi connectivity index (χ3n) is 10.0. The van der Waals surface area contributed by atoms with Gasteiger partial charge in [-0.15, -0.1) is 0 Å². The van der Waals surface area contributed by atoms with Crippen LogP contribution in [0.2, 0.25) is 18.1 Å². The summed E-state index contributed by atoms with van der Waals surface area (Å²) in [6.07, 6.45) is -8.01. The summed E-state index contributed by atoms with van der Waals surface area (Å²) in [5.41, 5.74) is 1.69. The Morgan fingerprint density at radius 3 is 2.17 bits per heavy atom. The minimum atomic E-state index is -2.51. The van der Waals surface area contributed by atoms with Crippen LogP contribution in [-0.2, 0) is 60.3 Å². The largest absolute Gasteiger partial charge is 0.465 e. The average molecular weight is 773 g/mol. The SMILES string of the molecule is C=C1O[C@@H](O[C@H]2O[C@@H]3COC(C)(C)O[C@H]3[C@H](O[Si](C)(C)C(C)(C)C)[C@H]2NC(C)=O)[C@H](NC(=O)OCc2ccccc2)[C@@H](OCOCc2ccccc2)[C@H]1O. The summed E-state index contributed by atoms with van der Waals surface area (Å²) in [5, 5.41) is 16.9. The molecule has 2 amide bonds. The fourth-order valence-corrected chi connectivity index (χ4v) is 7.48. The molecule has 0 spiro atoms. The van der Waals surface area contributed by atoms with Crippen molar-refractivity contribution in [3.63, 3.8) is 0 Å². The molecule has 3 fully saturated rings. The van der Waals surface area contributed by atoms with Crippen LogP contribution in [0.25, 0.3) is 0 Å². The van der Waals surface area contributed by atoms with Crippen molar-refractivity contribution in [2.75, 3.05) is 13.4 Å². The van der Waals surface area contributed by atoms with E-state index in [1.165, 1.54) is 6.92 Å². The summed E-state index contributed by atoms with van der Waals surface area (Å²) >= 11 is 0. The Morgan fingerprint density at radius 1 is 0.944 bits per heavy atom. The molecule has 0 aliphatic carbocycles. The van der Waals surface area contributed by atoms with E-state index in [0.29, 0.717) is 0 Å². The van der Waals surface area contributed by atoms with Gasteiger partial charge in [0.1, 0.15) is 55.7 Å². The zero-order valence-electron chi connectivity index (χ0n) is 32.4. The maximum atomic E-state index is 13.4. The normalized spacial score (nSPS) is 29.7. The number of aliphatic hydroxyl groups is 1. The molecule has 54 heavy (non-hydrogen) atoms. The number of ether oxygens (including phenoxy) is 8. The van der Waals surface area contributed by atoms with E-state index < -0.39 is 75.4 Å².